The van der Waals surface area contributed by atoms with Gasteiger partial charge in [0.05, 0.1) is 0 Å². The summed E-state index contributed by atoms with van der Waals surface area (Å²) in [5.74, 6) is 0.758. The highest BCUT2D eigenvalue weighted by Crippen LogP contribution is 2.33. The Labute approximate surface area is 116 Å². The first kappa shape index (κ1) is 12.6. The number of hydrogen-bond donors (Lipinski definition) is 1. The molecule has 2 aliphatic rings. The highest BCUT2D eigenvalue weighted by atomic mass is 79.9. The van der Waals surface area contributed by atoms with Crippen molar-refractivity contribution in [3.8, 4) is 0 Å². The van der Waals surface area contributed by atoms with Crippen LogP contribution in [0.5, 0.6) is 0 Å². The quantitative estimate of drug-likeness (QED) is 0.923. The van der Waals surface area contributed by atoms with Gasteiger partial charge in [0, 0.05) is 42.3 Å². The molecule has 3 rings (SSSR count). The van der Waals surface area contributed by atoms with E-state index in [-0.39, 0.29) is 5.82 Å². The van der Waals surface area contributed by atoms with Crippen molar-refractivity contribution in [1.82, 2.24) is 10.2 Å². The number of piperazine rings is 1. The molecule has 1 saturated heterocycles. The third-order valence-electron chi connectivity index (χ3n) is 3.89. The van der Waals surface area contributed by atoms with E-state index >= 15 is 0 Å². The number of hydrogen-bond acceptors (Lipinski definition) is 2. The fourth-order valence-electron chi connectivity index (χ4n) is 2.69. The molecule has 1 atom stereocenters. The van der Waals surface area contributed by atoms with Crippen LogP contribution in [0.1, 0.15) is 18.4 Å². The van der Waals surface area contributed by atoms with Crippen molar-refractivity contribution < 1.29 is 4.39 Å². The van der Waals surface area contributed by atoms with E-state index in [2.05, 4.69) is 26.1 Å². The summed E-state index contributed by atoms with van der Waals surface area (Å²) in [6.45, 7) is 3.82. The first-order valence-electron chi connectivity index (χ1n) is 6.62. The summed E-state index contributed by atoms with van der Waals surface area (Å²) in [5, 5.41) is 3.58. The molecule has 1 heterocycles. The molecule has 1 N–H and O–H groups in total. The zero-order valence-corrected chi connectivity index (χ0v) is 11.9. The molecule has 1 aliphatic carbocycles. The summed E-state index contributed by atoms with van der Waals surface area (Å²) in [6, 6.07) is 5.97. The van der Waals surface area contributed by atoms with Gasteiger partial charge in [-0.15, -0.1) is 0 Å². The minimum absolute atomic E-state index is 0.106. The highest BCUT2D eigenvalue weighted by Gasteiger charge is 2.33. The third kappa shape index (κ3) is 2.92. The van der Waals surface area contributed by atoms with Gasteiger partial charge in [-0.1, -0.05) is 22.0 Å². The molecule has 1 aromatic carbocycles. The number of nitrogens with one attached hydrogen (secondary N) is 1. The van der Waals surface area contributed by atoms with E-state index in [0.717, 1.165) is 42.1 Å². The molecule has 0 amide bonds. The zero-order chi connectivity index (χ0) is 12.5. The molecule has 2 fully saturated rings. The third-order valence-corrected chi connectivity index (χ3v) is 4.38. The summed E-state index contributed by atoms with van der Waals surface area (Å²) in [7, 11) is 0. The largest absolute Gasteiger partial charge is 0.311 e. The zero-order valence-electron chi connectivity index (χ0n) is 10.3. The van der Waals surface area contributed by atoms with E-state index in [9.17, 15) is 4.39 Å². The van der Waals surface area contributed by atoms with Gasteiger partial charge in [-0.2, -0.15) is 0 Å². The van der Waals surface area contributed by atoms with E-state index in [1.165, 1.54) is 12.8 Å². The molecule has 1 unspecified atom stereocenters. The predicted octanol–water partition coefficient (Wildman–Crippen LogP) is 2.77. The molecule has 1 saturated carbocycles. The Bertz CT molecular complexity index is 434. The van der Waals surface area contributed by atoms with Crippen LogP contribution < -0.4 is 5.32 Å². The maximum atomic E-state index is 13.8. The number of halogens is 2. The van der Waals surface area contributed by atoms with E-state index < -0.39 is 0 Å². The van der Waals surface area contributed by atoms with E-state index in [1.54, 1.807) is 6.07 Å². The number of rotatable bonds is 3. The van der Waals surface area contributed by atoms with E-state index in [0.29, 0.717) is 6.04 Å². The van der Waals surface area contributed by atoms with Crippen LogP contribution >= 0.6 is 15.9 Å². The van der Waals surface area contributed by atoms with Crippen LogP contribution in [0.15, 0.2) is 22.7 Å². The molecule has 4 heteroatoms. The van der Waals surface area contributed by atoms with Crippen LogP contribution in [-0.4, -0.2) is 30.6 Å². The lowest BCUT2D eigenvalue weighted by Crippen LogP contribution is -2.51. The van der Waals surface area contributed by atoms with Gasteiger partial charge in [0.2, 0.25) is 0 Å². The Morgan fingerprint density at radius 3 is 2.94 bits per heavy atom. The molecular weight excluding hydrogens is 295 g/mol. The Balaban J connectivity index is 1.64. The van der Waals surface area contributed by atoms with Crippen molar-refractivity contribution in [2.45, 2.75) is 25.4 Å². The standard InChI is InChI=1S/C14H18BrFN2/c15-12-4-3-11(13(16)7-12)8-18-6-5-17-14(9-18)10-1-2-10/h3-4,7,10,14,17H,1-2,5-6,8-9H2. The first-order chi connectivity index (χ1) is 8.72. The number of nitrogens with zero attached hydrogens (tertiary/aromatic N) is 1. The summed E-state index contributed by atoms with van der Waals surface area (Å²) < 4.78 is 14.6. The van der Waals surface area contributed by atoms with Crippen LogP contribution in [0.3, 0.4) is 0 Å². The maximum Gasteiger partial charge on any atom is 0.128 e. The number of benzene rings is 1. The van der Waals surface area contributed by atoms with Crippen molar-refractivity contribution >= 4 is 15.9 Å². The van der Waals surface area contributed by atoms with Crippen LogP contribution in [-0.2, 0) is 6.54 Å². The summed E-state index contributed by atoms with van der Waals surface area (Å²) in [6.07, 6.45) is 2.72. The van der Waals surface area contributed by atoms with Gasteiger partial charge in [-0.3, -0.25) is 4.90 Å². The molecule has 1 aliphatic heterocycles. The van der Waals surface area contributed by atoms with Crippen LogP contribution in [0, 0.1) is 11.7 Å². The Morgan fingerprint density at radius 1 is 1.39 bits per heavy atom. The highest BCUT2D eigenvalue weighted by molar-refractivity contribution is 9.10. The van der Waals surface area contributed by atoms with Gasteiger partial charge < -0.3 is 5.32 Å². The van der Waals surface area contributed by atoms with Gasteiger partial charge in [-0.25, -0.2) is 4.39 Å². The second-order valence-electron chi connectivity index (χ2n) is 5.37. The smallest absolute Gasteiger partial charge is 0.128 e. The fraction of sp³-hybridized carbons (Fsp3) is 0.571. The summed E-state index contributed by atoms with van der Waals surface area (Å²) in [5.41, 5.74) is 0.801. The minimum Gasteiger partial charge on any atom is -0.311 e. The van der Waals surface area contributed by atoms with E-state index in [1.807, 2.05) is 12.1 Å². The van der Waals surface area contributed by atoms with Crippen molar-refractivity contribution in [3.05, 3.63) is 34.1 Å². The molecule has 18 heavy (non-hydrogen) atoms. The lowest BCUT2D eigenvalue weighted by atomic mass is 10.1. The van der Waals surface area contributed by atoms with Gasteiger partial charge >= 0.3 is 0 Å². The summed E-state index contributed by atoms with van der Waals surface area (Å²) in [4.78, 5) is 2.37. The molecule has 0 spiro atoms. The normalized spacial score (nSPS) is 25.3. The van der Waals surface area contributed by atoms with Gasteiger partial charge in [0.1, 0.15) is 5.82 Å². The second kappa shape index (κ2) is 5.27. The molecule has 1 aromatic rings. The van der Waals surface area contributed by atoms with Gasteiger partial charge in [-0.05, 0) is 30.9 Å². The Morgan fingerprint density at radius 2 is 2.22 bits per heavy atom. The van der Waals surface area contributed by atoms with Crippen molar-refractivity contribution in [2.75, 3.05) is 19.6 Å². The predicted molar refractivity (Wildman–Crippen MR) is 73.9 cm³/mol. The molecule has 0 aromatic heterocycles. The molecule has 0 bridgehead atoms. The Kier molecular flexibility index (Phi) is 3.68. The lowest BCUT2D eigenvalue weighted by molar-refractivity contribution is 0.180. The first-order valence-corrected chi connectivity index (χ1v) is 7.41. The minimum atomic E-state index is -0.106. The van der Waals surface area contributed by atoms with E-state index in [4.69, 9.17) is 0 Å². The molecule has 0 radical (unpaired) electrons. The molecular formula is C14H18BrFN2. The van der Waals surface area contributed by atoms with Crippen LogP contribution in [0.2, 0.25) is 0 Å². The van der Waals surface area contributed by atoms with Crippen molar-refractivity contribution in [2.24, 2.45) is 5.92 Å². The van der Waals surface area contributed by atoms with Crippen molar-refractivity contribution in [1.29, 1.82) is 0 Å². The molecule has 98 valence electrons. The SMILES string of the molecule is Fc1cc(Br)ccc1CN1CCNC(C2CC2)C1. The topological polar surface area (TPSA) is 15.3 Å². The summed E-state index contributed by atoms with van der Waals surface area (Å²) >= 11 is 3.29. The molecule has 2 nitrogen and oxygen atoms in total. The maximum absolute atomic E-state index is 13.8. The average molecular weight is 313 g/mol. The lowest BCUT2D eigenvalue weighted by Gasteiger charge is -2.34. The van der Waals surface area contributed by atoms with Crippen LogP contribution in [0.25, 0.3) is 0 Å². The van der Waals surface area contributed by atoms with Crippen LogP contribution in [0.4, 0.5) is 4.39 Å². The monoisotopic (exact) mass is 312 g/mol. The van der Waals surface area contributed by atoms with Gasteiger partial charge in [0.25, 0.3) is 0 Å². The fourth-order valence-corrected chi connectivity index (χ4v) is 3.02. The van der Waals surface area contributed by atoms with Gasteiger partial charge in [0.15, 0.2) is 0 Å². The second-order valence-corrected chi connectivity index (χ2v) is 6.28. The Hall–Kier alpha value is -0.450. The average Bonchev–Trinajstić information content (AvgIpc) is 3.17. The van der Waals surface area contributed by atoms with Crippen molar-refractivity contribution in [3.63, 3.8) is 0 Å².